The van der Waals surface area contributed by atoms with Gasteiger partial charge in [-0.1, -0.05) is 12.1 Å². The maximum absolute atomic E-state index is 11.4. The number of amides is 2. The number of rotatable bonds is 7. The Morgan fingerprint density at radius 3 is 2.50 bits per heavy atom. The van der Waals surface area contributed by atoms with Crippen LogP contribution in [0, 0.1) is 0 Å². The summed E-state index contributed by atoms with van der Waals surface area (Å²) in [5.74, 6) is 0. The van der Waals surface area contributed by atoms with E-state index in [0.29, 0.717) is 13.2 Å². The number of methoxy groups -OCH3 is 1. The molecule has 0 aliphatic carbocycles. The van der Waals surface area contributed by atoms with Gasteiger partial charge in [0.05, 0.1) is 12.7 Å². The predicted octanol–water partition coefficient (Wildman–Crippen LogP) is 0.732. The van der Waals surface area contributed by atoms with Crippen LogP contribution in [0.5, 0.6) is 0 Å². The molecular weight excluding hydrogens is 258 g/mol. The van der Waals surface area contributed by atoms with E-state index in [0.717, 1.165) is 11.3 Å². The number of nitrogens with one attached hydrogen (secondary N) is 2. The van der Waals surface area contributed by atoms with E-state index < -0.39 is 6.10 Å². The third kappa shape index (κ3) is 5.46. The van der Waals surface area contributed by atoms with Gasteiger partial charge in [-0.25, -0.2) is 4.79 Å². The van der Waals surface area contributed by atoms with Crippen molar-refractivity contribution in [2.24, 2.45) is 0 Å². The standard InChI is InChI=1S/C14H23N3O3/c1-17(2)12-6-4-11(5-7-12)13(18)10-16-14(19)15-8-9-20-3/h4-7,13,18H,8-10H2,1-3H3,(H2,15,16,19). The maximum Gasteiger partial charge on any atom is 0.314 e. The number of ether oxygens (including phenoxy) is 1. The molecule has 0 fully saturated rings. The Balaban J connectivity index is 2.38. The monoisotopic (exact) mass is 281 g/mol. The van der Waals surface area contributed by atoms with Gasteiger partial charge in [0.25, 0.3) is 0 Å². The Bertz CT molecular complexity index is 407. The van der Waals surface area contributed by atoms with Gasteiger partial charge in [-0.3, -0.25) is 0 Å². The minimum atomic E-state index is -0.723. The van der Waals surface area contributed by atoms with Gasteiger partial charge in [0.1, 0.15) is 0 Å². The van der Waals surface area contributed by atoms with Crippen LogP contribution >= 0.6 is 0 Å². The fourth-order valence-electron chi connectivity index (χ4n) is 1.63. The minimum Gasteiger partial charge on any atom is -0.387 e. The molecule has 1 aromatic carbocycles. The van der Waals surface area contributed by atoms with Crippen LogP contribution in [0.2, 0.25) is 0 Å². The van der Waals surface area contributed by atoms with E-state index in [2.05, 4.69) is 10.6 Å². The summed E-state index contributed by atoms with van der Waals surface area (Å²) in [6.45, 7) is 1.07. The normalized spacial score (nSPS) is 11.8. The van der Waals surface area contributed by atoms with Crippen LogP contribution in [0.15, 0.2) is 24.3 Å². The number of carbonyl (C=O) groups is 1. The van der Waals surface area contributed by atoms with Crippen LogP contribution in [-0.4, -0.2) is 52.0 Å². The number of aliphatic hydroxyl groups excluding tert-OH is 1. The Morgan fingerprint density at radius 1 is 1.30 bits per heavy atom. The van der Waals surface area contributed by atoms with Crippen LogP contribution in [0.1, 0.15) is 11.7 Å². The number of hydrogen-bond acceptors (Lipinski definition) is 4. The highest BCUT2D eigenvalue weighted by Crippen LogP contribution is 2.17. The molecule has 0 bridgehead atoms. The molecule has 112 valence electrons. The largest absolute Gasteiger partial charge is 0.387 e. The Kier molecular flexibility index (Phi) is 6.83. The number of carbonyl (C=O) groups excluding carboxylic acids is 1. The second-order valence-electron chi connectivity index (χ2n) is 4.63. The molecule has 0 spiro atoms. The Morgan fingerprint density at radius 2 is 1.95 bits per heavy atom. The molecule has 1 unspecified atom stereocenters. The predicted molar refractivity (Wildman–Crippen MR) is 79.0 cm³/mol. The number of benzene rings is 1. The van der Waals surface area contributed by atoms with Crippen molar-refractivity contribution < 1.29 is 14.6 Å². The van der Waals surface area contributed by atoms with Crippen LogP contribution in [0.3, 0.4) is 0 Å². The first-order valence-electron chi connectivity index (χ1n) is 6.50. The Labute approximate surface area is 119 Å². The van der Waals surface area contributed by atoms with E-state index in [1.165, 1.54) is 0 Å². The average molecular weight is 281 g/mol. The van der Waals surface area contributed by atoms with Gasteiger partial charge < -0.3 is 25.4 Å². The molecule has 0 aromatic heterocycles. The van der Waals surface area contributed by atoms with Crippen molar-refractivity contribution in [3.63, 3.8) is 0 Å². The van der Waals surface area contributed by atoms with Crippen molar-refractivity contribution in [3.05, 3.63) is 29.8 Å². The van der Waals surface area contributed by atoms with Crippen molar-refractivity contribution in [2.75, 3.05) is 45.8 Å². The van der Waals surface area contributed by atoms with Crippen LogP contribution < -0.4 is 15.5 Å². The van der Waals surface area contributed by atoms with E-state index in [4.69, 9.17) is 4.74 Å². The van der Waals surface area contributed by atoms with Gasteiger partial charge in [0.15, 0.2) is 0 Å². The summed E-state index contributed by atoms with van der Waals surface area (Å²) in [6.07, 6.45) is -0.723. The number of aliphatic hydroxyl groups is 1. The van der Waals surface area contributed by atoms with Crippen molar-refractivity contribution in [1.29, 1.82) is 0 Å². The molecule has 6 nitrogen and oxygen atoms in total. The van der Waals surface area contributed by atoms with E-state index >= 15 is 0 Å². The molecule has 3 N–H and O–H groups in total. The molecule has 0 heterocycles. The molecule has 1 rings (SSSR count). The second kappa shape index (κ2) is 8.39. The zero-order chi connectivity index (χ0) is 15.0. The van der Waals surface area contributed by atoms with Gasteiger partial charge in [-0.05, 0) is 17.7 Å². The summed E-state index contributed by atoms with van der Waals surface area (Å²) in [6, 6.07) is 7.25. The zero-order valence-corrected chi connectivity index (χ0v) is 12.2. The molecule has 20 heavy (non-hydrogen) atoms. The molecule has 0 aliphatic rings. The lowest BCUT2D eigenvalue weighted by molar-refractivity contribution is 0.171. The minimum absolute atomic E-state index is 0.167. The third-order valence-corrected chi connectivity index (χ3v) is 2.84. The Hall–Kier alpha value is -1.79. The third-order valence-electron chi connectivity index (χ3n) is 2.84. The van der Waals surface area contributed by atoms with Crippen LogP contribution in [0.4, 0.5) is 10.5 Å². The van der Waals surface area contributed by atoms with E-state index in [-0.39, 0.29) is 12.6 Å². The SMILES string of the molecule is COCCNC(=O)NCC(O)c1ccc(N(C)C)cc1. The first kappa shape index (κ1) is 16.3. The second-order valence-corrected chi connectivity index (χ2v) is 4.63. The van der Waals surface area contributed by atoms with Crippen molar-refractivity contribution in [1.82, 2.24) is 10.6 Å². The van der Waals surface area contributed by atoms with Gasteiger partial charge in [0.2, 0.25) is 0 Å². The quantitative estimate of drug-likeness (QED) is 0.644. The van der Waals surface area contributed by atoms with E-state index in [1.807, 2.05) is 43.3 Å². The number of hydrogen-bond donors (Lipinski definition) is 3. The van der Waals surface area contributed by atoms with Crippen molar-refractivity contribution in [2.45, 2.75) is 6.10 Å². The highest BCUT2D eigenvalue weighted by atomic mass is 16.5. The van der Waals surface area contributed by atoms with Gasteiger partial charge in [-0.2, -0.15) is 0 Å². The topological polar surface area (TPSA) is 73.8 Å². The first-order chi connectivity index (χ1) is 9.54. The van der Waals surface area contributed by atoms with Gasteiger partial charge in [0, 0.05) is 40.0 Å². The van der Waals surface area contributed by atoms with Crippen LogP contribution in [-0.2, 0) is 4.74 Å². The average Bonchev–Trinajstić information content (AvgIpc) is 2.45. The number of anilines is 1. The summed E-state index contributed by atoms with van der Waals surface area (Å²) in [4.78, 5) is 13.4. The van der Waals surface area contributed by atoms with Crippen molar-refractivity contribution in [3.8, 4) is 0 Å². The summed E-state index contributed by atoms with van der Waals surface area (Å²) in [7, 11) is 5.48. The highest BCUT2D eigenvalue weighted by molar-refractivity contribution is 5.73. The summed E-state index contributed by atoms with van der Waals surface area (Å²) in [5.41, 5.74) is 1.83. The molecule has 0 aliphatic heterocycles. The number of nitrogens with zero attached hydrogens (tertiary/aromatic N) is 1. The fraction of sp³-hybridized carbons (Fsp3) is 0.500. The smallest absolute Gasteiger partial charge is 0.314 e. The summed E-state index contributed by atoms with van der Waals surface area (Å²) in [5, 5.41) is 15.2. The molecule has 1 atom stereocenters. The molecule has 0 saturated carbocycles. The lowest BCUT2D eigenvalue weighted by Crippen LogP contribution is -2.39. The van der Waals surface area contributed by atoms with E-state index in [9.17, 15) is 9.90 Å². The molecule has 6 heteroatoms. The number of urea groups is 1. The van der Waals surface area contributed by atoms with Crippen molar-refractivity contribution >= 4 is 11.7 Å². The van der Waals surface area contributed by atoms with Gasteiger partial charge in [-0.15, -0.1) is 0 Å². The summed E-state index contributed by atoms with van der Waals surface area (Å²) >= 11 is 0. The zero-order valence-electron chi connectivity index (χ0n) is 12.2. The van der Waals surface area contributed by atoms with Crippen LogP contribution in [0.25, 0.3) is 0 Å². The highest BCUT2D eigenvalue weighted by Gasteiger charge is 2.09. The molecule has 1 aromatic rings. The summed E-state index contributed by atoms with van der Waals surface area (Å²) < 4.78 is 4.82. The van der Waals surface area contributed by atoms with E-state index in [1.54, 1.807) is 7.11 Å². The van der Waals surface area contributed by atoms with Gasteiger partial charge >= 0.3 is 6.03 Å². The lowest BCUT2D eigenvalue weighted by atomic mass is 10.1. The molecule has 2 amide bonds. The fourth-order valence-corrected chi connectivity index (χ4v) is 1.63. The first-order valence-corrected chi connectivity index (χ1v) is 6.50. The molecule has 0 radical (unpaired) electrons. The lowest BCUT2D eigenvalue weighted by Gasteiger charge is -2.16. The molecule has 0 saturated heterocycles. The molecular formula is C14H23N3O3. The maximum atomic E-state index is 11.4.